The van der Waals surface area contributed by atoms with E-state index in [9.17, 15) is 4.79 Å². The van der Waals surface area contributed by atoms with Crippen molar-refractivity contribution in [2.24, 2.45) is 0 Å². The largest absolute Gasteiger partial charge is 0.495 e. The molecule has 2 aromatic rings. The Morgan fingerprint density at radius 3 is 2.44 bits per heavy atom. The zero-order valence-electron chi connectivity index (χ0n) is 14.0. The van der Waals surface area contributed by atoms with Crippen molar-refractivity contribution in [1.82, 2.24) is 0 Å². The molecule has 130 valence electrons. The summed E-state index contributed by atoms with van der Waals surface area (Å²) >= 11 is 5.95. The van der Waals surface area contributed by atoms with Gasteiger partial charge in [-0.25, -0.2) is 0 Å². The Bertz CT molecular complexity index is 817. The molecule has 0 saturated heterocycles. The Balaban J connectivity index is 2.14. The van der Waals surface area contributed by atoms with E-state index in [0.717, 1.165) is 0 Å². The molecule has 2 aromatic carbocycles. The van der Waals surface area contributed by atoms with Crippen LogP contribution in [-0.2, 0) is 4.79 Å². The number of methoxy groups -OCH3 is 2. The first-order chi connectivity index (χ1) is 12.0. The van der Waals surface area contributed by atoms with Gasteiger partial charge in [-0.15, -0.1) is 0 Å². The van der Waals surface area contributed by atoms with Crippen molar-refractivity contribution in [2.45, 2.75) is 13.0 Å². The average molecular weight is 361 g/mol. The molecule has 0 aliphatic carbocycles. The van der Waals surface area contributed by atoms with Crippen molar-refractivity contribution in [3.05, 3.63) is 47.0 Å². The van der Waals surface area contributed by atoms with E-state index in [-0.39, 0.29) is 5.91 Å². The van der Waals surface area contributed by atoms with Crippen molar-refractivity contribution in [3.63, 3.8) is 0 Å². The Morgan fingerprint density at radius 2 is 1.80 bits per heavy atom. The lowest BCUT2D eigenvalue weighted by Crippen LogP contribution is -2.30. The van der Waals surface area contributed by atoms with Gasteiger partial charge in [0.15, 0.2) is 17.6 Å². The summed E-state index contributed by atoms with van der Waals surface area (Å²) in [5.74, 6) is 0.842. The Kier molecular flexibility index (Phi) is 6.09. The van der Waals surface area contributed by atoms with Crippen LogP contribution in [0.15, 0.2) is 36.4 Å². The van der Waals surface area contributed by atoms with Gasteiger partial charge in [0.05, 0.1) is 31.5 Å². The number of benzene rings is 2. The number of halogens is 1. The van der Waals surface area contributed by atoms with Gasteiger partial charge >= 0.3 is 0 Å². The van der Waals surface area contributed by atoms with Crippen molar-refractivity contribution >= 4 is 23.2 Å². The third-order valence-electron chi connectivity index (χ3n) is 3.39. The number of nitrogens with one attached hydrogen (secondary N) is 1. The molecule has 6 nitrogen and oxygen atoms in total. The molecule has 0 bridgehead atoms. The van der Waals surface area contributed by atoms with Crippen LogP contribution >= 0.6 is 11.6 Å². The minimum atomic E-state index is -0.814. The summed E-state index contributed by atoms with van der Waals surface area (Å²) in [6, 6.07) is 11.6. The lowest BCUT2D eigenvalue weighted by atomic mass is 10.2. The van der Waals surface area contributed by atoms with Gasteiger partial charge in [-0.2, -0.15) is 5.26 Å². The molecule has 1 N–H and O–H groups in total. The topological polar surface area (TPSA) is 80.6 Å². The number of amides is 1. The van der Waals surface area contributed by atoms with Crippen LogP contribution in [0.3, 0.4) is 0 Å². The van der Waals surface area contributed by atoms with Gasteiger partial charge in [-0.3, -0.25) is 4.79 Å². The van der Waals surface area contributed by atoms with Gasteiger partial charge in [0.1, 0.15) is 5.75 Å². The average Bonchev–Trinajstić information content (AvgIpc) is 2.62. The van der Waals surface area contributed by atoms with Crippen LogP contribution in [0.1, 0.15) is 12.5 Å². The van der Waals surface area contributed by atoms with E-state index < -0.39 is 6.10 Å². The summed E-state index contributed by atoms with van der Waals surface area (Å²) < 4.78 is 16.0. The third-order valence-corrected chi connectivity index (χ3v) is 3.62. The molecule has 0 aliphatic rings. The van der Waals surface area contributed by atoms with Gasteiger partial charge in [-0.1, -0.05) is 11.6 Å². The smallest absolute Gasteiger partial charge is 0.265 e. The summed E-state index contributed by atoms with van der Waals surface area (Å²) in [5.41, 5.74) is 0.882. The van der Waals surface area contributed by atoms with Crippen LogP contribution in [-0.4, -0.2) is 26.2 Å². The summed E-state index contributed by atoms with van der Waals surface area (Å²) in [4.78, 5) is 12.4. The van der Waals surface area contributed by atoms with Crippen LogP contribution in [0.2, 0.25) is 5.02 Å². The van der Waals surface area contributed by atoms with E-state index in [1.807, 2.05) is 6.07 Å². The van der Waals surface area contributed by atoms with E-state index in [0.29, 0.717) is 33.5 Å². The van der Waals surface area contributed by atoms with Crippen molar-refractivity contribution in [1.29, 1.82) is 5.26 Å². The maximum atomic E-state index is 12.4. The molecule has 1 amide bonds. The number of anilines is 1. The molecule has 25 heavy (non-hydrogen) atoms. The zero-order valence-corrected chi connectivity index (χ0v) is 14.8. The second-order valence-corrected chi connectivity index (χ2v) is 5.51. The number of carbonyl (C=O) groups excluding carboxylic acids is 1. The molecule has 7 heteroatoms. The first-order valence-electron chi connectivity index (χ1n) is 7.37. The van der Waals surface area contributed by atoms with Crippen LogP contribution in [0.25, 0.3) is 0 Å². The standard InChI is InChI=1S/C18H17ClN2O4/c1-11(25-16-6-4-12(10-20)8-17(16)24-3)18(22)21-14-9-13(19)5-7-15(14)23-2/h4-9,11H,1-3H3,(H,21,22). The molecule has 0 spiro atoms. The first-order valence-corrected chi connectivity index (χ1v) is 7.75. The number of ether oxygens (including phenoxy) is 3. The van der Waals surface area contributed by atoms with Crippen molar-refractivity contribution in [3.8, 4) is 23.3 Å². The van der Waals surface area contributed by atoms with Crippen LogP contribution in [0.5, 0.6) is 17.2 Å². The van der Waals surface area contributed by atoms with Crippen LogP contribution in [0.4, 0.5) is 5.69 Å². The monoisotopic (exact) mass is 360 g/mol. The van der Waals surface area contributed by atoms with Gasteiger partial charge in [-0.05, 0) is 37.3 Å². The molecular formula is C18H17ClN2O4. The van der Waals surface area contributed by atoms with Gasteiger partial charge in [0.25, 0.3) is 5.91 Å². The molecule has 0 aliphatic heterocycles. The van der Waals surface area contributed by atoms with E-state index in [1.54, 1.807) is 43.3 Å². The van der Waals surface area contributed by atoms with E-state index in [4.69, 9.17) is 31.1 Å². The number of rotatable bonds is 6. The number of hydrogen-bond acceptors (Lipinski definition) is 5. The number of carbonyl (C=O) groups is 1. The molecule has 1 unspecified atom stereocenters. The molecule has 0 heterocycles. The fourth-order valence-corrected chi connectivity index (χ4v) is 2.26. The lowest BCUT2D eigenvalue weighted by Gasteiger charge is -2.18. The van der Waals surface area contributed by atoms with E-state index >= 15 is 0 Å². The highest BCUT2D eigenvalue weighted by molar-refractivity contribution is 6.31. The van der Waals surface area contributed by atoms with Crippen LogP contribution in [0, 0.1) is 11.3 Å². The second-order valence-electron chi connectivity index (χ2n) is 5.07. The highest BCUT2D eigenvalue weighted by Crippen LogP contribution is 2.30. The van der Waals surface area contributed by atoms with Crippen molar-refractivity contribution in [2.75, 3.05) is 19.5 Å². The lowest BCUT2D eigenvalue weighted by molar-refractivity contribution is -0.122. The number of nitriles is 1. The highest BCUT2D eigenvalue weighted by Gasteiger charge is 2.19. The zero-order chi connectivity index (χ0) is 18.4. The van der Waals surface area contributed by atoms with Crippen LogP contribution < -0.4 is 19.5 Å². The second kappa shape index (κ2) is 8.27. The molecule has 2 rings (SSSR count). The fourth-order valence-electron chi connectivity index (χ4n) is 2.09. The maximum Gasteiger partial charge on any atom is 0.265 e. The summed E-state index contributed by atoms with van der Waals surface area (Å²) in [6.45, 7) is 1.60. The van der Waals surface area contributed by atoms with Crippen molar-refractivity contribution < 1.29 is 19.0 Å². The van der Waals surface area contributed by atoms with E-state index in [1.165, 1.54) is 14.2 Å². The fraction of sp³-hybridized carbons (Fsp3) is 0.222. The minimum absolute atomic E-state index is 0.363. The van der Waals surface area contributed by atoms with Gasteiger partial charge < -0.3 is 19.5 Å². The molecule has 0 fully saturated rings. The third kappa shape index (κ3) is 4.55. The summed E-state index contributed by atoms with van der Waals surface area (Å²) in [5, 5.41) is 12.1. The normalized spacial score (nSPS) is 11.2. The predicted molar refractivity (Wildman–Crippen MR) is 94.4 cm³/mol. The number of hydrogen-bond donors (Lipinski definition) is 1. The molecule has 1 atom stereocenters. The van der Waals surface area contributed by atoms with Gasteiger partial charge in [0, 0.05) is 11.1 Å². The Morgan fingerprint density at radius 1 is 1.12 bits per heavy atom. The van der Waals surface area contributed by atoms with Gasteiger partial charge in [0.2, 0.25) is 0 Å². The Labute approximate surface area is 150 Å². The number of nitrogens with zero attached hydrogens (tertiary/aromatic N) is 1. The quantitative estimate of drug-likeness (QED) is 0.850. The summed E-state index contributed by atoms with van der Waals surface area (Å²) in [7, 11) is 2.96. The molecule has 0 saturated carbocycles. The predicted octanol–water partition coefficient (Wildman–Crippen LogP) is 3.63. The maximum absolute atomic E-state index is 12.4. The Hall–Kier alpha value is -2.91. The SMILES string of the molecule is COc1ccc(Cl)cc1NC(=O)C(C)Oc1ccc(C#N)cc1OC. The minimum Gasteiger partial charge on any atom is -0.495 e. The summed E-state index contributed by atoms with van der Waals surface area (Å²) in [6.07, 6.45) is -0.814. The molecule has 0 radical (unpaired) electrons. The highest BCUT2D eigenvalue weighted by atomic mass is 35.5. The molecule has 0 aromatic heterocycles. The molecular weight excluding hydrogens is 344 g/mol. The first kappa shape index (κ1) is 18.4. The van der Waals surface area contributed by atoms with E-state index in [2.05, 4.69) is 5.32 Å².